The van der Waals surface area contributed by atoms with Crippen molar-refractivity contribution in [3.63, 3.8) is 0 Å². The van der Waals surface area contributed by atoms with Crippen LogP contribution >= 0.6 is 0 Å². The van der Waals surface area contributed by atoms with E-state index in [-0.39, 0.29) is 17.1 Å². The predicted octanol–water partition coefficient (Wildman–Crippen LogP) is 2.53. The lowest BCUT2D eigenvalue weighted by molar-refractivity contribution is 0.100. The van der Waals surface area contributed by atoms with E-state index in [1.54, 1.807) is 48.5 Å². The van der Waals surface area contributed by atoms with Crippen molar-refractivity contribution in [3.05, 3.63) is 84.2 Å². The molecule has 0 bridgehead atoms. The molecule has 8 heteroatoms. The second-order valence-corrected chi connectivity index (χ2v) is 8.29. The molecule has 146 valence electrons. The average Bonchev–Trinajstić information content (AvgIpc) is 3.14. The normalized spacial score (nSPS) is 11.6. The lowest BCUT2D eigenvalue weighted by atomic mass is 10.0. The number of benzene rings is 2. The number of fused-ring (bicyclic) bond motifs is 1. The van der Waals surface area contributed by atoms with Crippen LogP contribution in [-0.2, 0) is 16.6 Å². The molecule has 0 aliphatic rings. The van der Waals surface area contributed by atoms with E-state index in [9.17, 15) is 18.3 Å². The number of rotatable bonds is 5. The summed E-state index contributed by atoms with van der Waals surface area (Å²) in [4.78, 5) is 16.0. The molecule has 3 N–H and O–H groups in total. The summed E-state index contributed by atoms with van der Waals surface area (Å²) < 4.78 is 27.6. The molecule has 4 aromatic rings. The molecule has 0 unspecified atom stereocenters. The second-order valence-electron chi connectivity index (χ2n) is 6.47. The first-order valence-electron chi connectivity index (χ1n) is 8.73. The summed E-state index contributed by atoms with van der Waals surface area (Å²) in [7, 11) is -3.90. The van der Waals surface area contributed by atoms with Crippen LogP contribution < -0.4 is 5.73 Å². The standard InChI is InChI=1S/C21H17N3O4S/c22-20(26)16-6-4-5-15(10-16)19-12-24(21-18(19)9-14(13-25)11-23-21)29(27,28)17-7-2-1-3-8-17/h1-12,25H,13H2,(H2,22,26). The summed E-state index contributed by atoms with van der Waals surface area (Å²) in [5, 5.41) is 10.0. The van der Waals surface area contributed by atoms with Gasteiger partial charge in [0.25, 0.3) is 10.0 Å². The molecule has 1 amide bonds. The Kier molecular flexibility index (Phi) is 4.65. The molecule has 2 heterocycles. The highest BCUT2D eigenvalue weighted by atomic mass is 32.2. The second kappa shape index (κ2) is 7.16. The number of carbonyl (C=O) groups is 1. The predicted molar refractivity (Wildman–Crippen MR) is 109 cm³/mol. The van der Waals surface area contributed by atoms with Crippen molar-refractivity contribution in [3.8, 4) is 11.1 Å². The highest BCUT2D eigenvalue weighted by Crippen LogP contribution is 2.33. The van der Waals surface area contributed by atoms with Gasteiger partial charge in [0.05, 0.1) is 11.5 Å². The topological polar surface area (TPSA) is 115 Å². The third-order valence-electron chi connectivity index (χ3n) is 4.61. The summed E-state index contributed by atoms with van der Waals surface area (Å²) in [6, 6.07) is 16.4. The van der Waals surface area contributed by atoms with E-state index in [2.05, 4.69) is 4.98 Å². The Morgan fingerprint density at radius 2 is 1.83 bits per heavy atom. The van der Waals surface area contributed by atoms with Crippen LogP contribution in [0, 0.1) is 0 Å². The van der Waals surface area contributed by atoms with Crippen LogP contribution in [0.3, 0.4) is 0 Å². The molecule has 0 spiro atoms. The van der Waals surface area contributed by atoms with Crippen LogP contribution in [-0.4, -0.2) is 28.4 Å². The van der Waals surface area contributed by atoms with Crippen molar-refractivity contribution < 1.29 is 18.3 Å². The molecule has 0 saturated heterocycles. The lowest BCUT2D eigenvalue weighted by Gasteiger charge is -2.06. The molecule has 0 fully saturated rings. The number of amides is 1. The van der Waals surface area contributed by atoms with Gasteiger partial charge in [0.1, 0.15) is 0 Å². The van der Waals surface area contributed by atoms with Crippen molar-refractivity contribution in [1.29, 1.82) is 0 Å². The summed E-state index contributed by atoms with van der Waals surface area (Å²) in [5.41, 5.74) is 7.64. The number of hydrogen-bond acceptors (Lipinski definition) is 5. The molecule has 4 rings (SSSR count). The minimum atomic E-state index is -3.90. The zero-order chi connectivity index (χ0) is 20.6. The molecule has 7 nitrogen and oxygen atoms in total. The van der Waals surface area contributed by atoms with Crippen LogP contribution in [0.15, 0.2) is 78.0 Å². The van der Waals surface area contributed by atoms with Gasteiger partial charge in [0.2, 0.25) is 5.91 Å². The third kappa shape index (κ3) is 3.28. The number of carbonyl (C=O) groups excluding carboxylic acids is 1. The highest BCUT2D eigenvalue weighted by molar-refractivity contribution is 7.90. The number of pyridine rings is 1. The smallest absolute Gasteiger partial charge is 0.269 e. The number of nitrogens with zero attached hydrogens (tertiary/aromatic N) is 2. The molecule has 2 aromatic carbocycles. The Balaban J connectivity index is 2.01. The Morgan fingerprint density at radius 1 is 1.07 bits per heavy atom. The first-order valence-corrected chi connectivity index (χ1v) is 10.2. The van der Waals surface area contributed by atoms with Gasteiger partial charge in [-0.1, -0.05) is 30.3 Å². The van der Waals surface area contributed by atoms with Crippen LogP contribution in [0.5, 0.6) is 0 Å². The average molecular weight is 407 g/mol. The largest absolute Gasteiger partial charge is 0.392 e. The summed E-state index contributed by atoms with van der Waals surface area (Å²) in [6.45, 7) is -0.236. The zero-order valence-corrected chi connectivity index (χ0v) is 16.0. The fourth-order valence-electron chi connectivity index (χ4n) is 3.17. The van der Waals surface area contributed by atoms with Gasteiger partial charge < -0.3 is 10.8 Å². The Hall–Kier alpha value is -3.49. The van der Waals surface area contributed by atoms with Crippen LogP contribution in [0.25, 0.3) is 22.2 Å². The quantitative estimate of drug-likeness (QED) is 0.527. The van der Waals surface area contributed by atoms with Crippen molar-refractivity contribution in [2.45, 2.75) is 11.5 Å². The molecule has 0 aliphatic heterocycles. The molecule has 0 atom stereocenters. The fraction of sp³-hybridized carbons (Fsp3) is 0.0476. The van der Waals surface area contributed by atoms with E-state index in [0.29, 0.717) is 27.6 Å². The van der Waals surface area contributed by atoms with Gasteiger partial charge in [-0.2, -0.15) is 0 Å². The van der Waals surface area contributed by atoms with E-state index in [1.165, 1.54) is 24.5 Å². The molecular weight excluding hydrogens is 390 g/mol. The summed E-state index contributed by atoms with van der Waals surface area (Å²) >= 11 is 0. The van der Waals surface area contributed by atoms with Gasteiger partial charge in [-0.25, -0.2) is 17.4 Å². The monoisotopic (exact) mass is 407 g/mol. The van der Waals surface area contributed by atoms with E-state index in [0.717, 1.165) is 3.97 Å². The number of nitrogens with two attached hydrogens (primary N) is 1. The Bertz CT molecular complexity index is 1330. The van der Waals surface area contributed by atoms with E-state index < -0.39 is 15.9 Å². The number of aromatic nitrogens is 2. The van der Waals surface area contributed by atoms with Crippen molar-refractivity contribution in [1.82, 2.24) is 8.96 Å². The fourth-order valence-corrected chi connectivity index (χ4v) is 4.51. The number of aliphatic hydroxyl groups is 1. The summed E-state index contributed by atoms with van der Waals surface area (Å²) in [6.07, 6.45) is 2.91. The minimum absolute atomic E-state index is 0.127. The minimum Gasteiger partial charge on any atom is -0.392 e. The third-order valence-corrected chi connectivity index (χ3v) is 6.27. The van der Waals surface area contributed by atoms with E-state index in [1.807, 2.05) is 0 Å². The van der Waals surface area contributed by atoms with Crippen LogP contribution in [0.4, 0.5) is 0 Å². The molecule has 0 aliphatic carbocycles. The summed E-state index contributed by atoms with van der Waals surface area (Å²) in [5.74, 6) is -0.582. The SMILES string of the molecule is NC(=O)c1cccc(-c2cn(S(=O)(=O)c3ccccc3)c3ncc(CO)cc23)c1. The van der Waals surface area contributed by atoms with Gasteiger partial charge in [0, 0.05) is 28.9 Å². The van der Waals surface area contributed by atoms with E-state index in [4.69, 9.17) is 5.73 Å². The molecule has 29 heavy (non-hydrogen) atoms. The van der Waals surface area contributed by atoms with Crippen molar-refractivity contribution >= 4 is 27.0 Å². The molecule has 0 saturated carbocycles. The van der Waals surface area contributed by atoms with Gasteiger partial charge in [-0.3, -0.25) is 4.79 Å². The molecule has 2 aromatic heterocycles. The van der Waals surface area contributed by atoms with Crippen molar-refractivity contribution in [2.24, 2.45) is 5.73 Å². The van der Waals surface area contributed by atoms with Crippen LogP contribution in [0.2, 0.25) is 0 Å². The van der Waals surface area contributed by atoms with Gasteiger partial charge in [-0.15, -0.1) is 0 Å². The van der Waals surface area contributed by atoms with Gasteiger partial charge >= 0.3 is 0 Å². The molecular formula is C21H17N3O4S. The Labute approximate surface area is 167 Å². The number of hydrogen-bond donors (Lipinski definition) is 2. The maximum atomic E-state index is 13.2. The van der Waals surface area contributed by atoms with Gasteiger partial charge in [0.15, 0.2) is 5.65 Å². The molecule has 0 radical (unpaired) electrons. The first-order chi connectivity index (χ1) is 13.9. The van der Waals surface area contributed by atoms with Crippen molar-refractivity contribution in [2.75, 3.05) is 0 Å². The maximum absolute atomic E-state index is 13.2. The van der Waals surface area contributed by atoms with E-state index >= 15 is 0 Å². The maximum Gasteiger partial charge on any atom is 0.269 e. The Morgan fingerprint density at radius 3 is 2.52 bits per heavy atom. The van der Waals surface area contributed by atoms with Crippen LogP contribution in [0.1, 0.15) is 15.9 Å². The lowest BCUT2D eigenvalue weighted by Crippen LogP contribution is -2.12. The number of primary amides is 1. The highest BCUT2D eigenvalue weighted by Gasteiger charge is 2.23. The first kappa shape index (κ1) is 18.9. The zero-order valence-electron chi connectivity index (χ0n) is 15.2. The number of aliphatic hydroxyl groups excluding tert-OH is 1. The van der Waals surface area contributed by atoms with Gasteiger partial charge in [-0.05, 0) is 41.5 Å².